The zero-order chi connectivity index (χ0) is 20.3. The number of ether oxygens (including phenoxy) is 1. The van der Waals surface area contributed by atoms with Crippen LogP contribution in [-0.4, -0.2) is 48.4 Å². The third-order valence-corrected chi connectivity index (χ3v) is 6.75. The number of anilines is 1. The number of aromatic nitrogens is 2. The summed E-state index contributed by atoms with van der Waals surface area (Å²) in [4.78, 5) is 16.6. The van der Waals surface area contributed by atoms with Gasteiger partial charge in [0.2, 0.25) is 5.91 Å². The fraction of sp³-hybridized carbons (Fsp3) is 0.474. The smallest absolute Gasteiger partial charge is 0.262 e. The van der Waals surface area contributed by atoms with Crippen LogP contribution in [0.2, 0.25) is 0 Å². The van der Waals surface area contributed by atoms with E-state index in [1.54, 1.807) is 30.0 Å². The lowest BCUT2D eigenvalue weighted by Gasteiger charge is -2.30. The molecule has 0 atom stereocenters. The van der Waals surface area contributed by atoms with E-state index in [0.29, 0.717) is 37.4 Å². The Morgan fingerprint density at radius 3 is 2.54 bits per heavy atom. The summed E-state index contributed by atoms with van der Waals surface area (Å²) < 4.78 is 34.0. The number of sulfonamides is 1. The molecule has 1 fully saturated rings. The summed E-state index contributed by atoms with van der Waals surface area (Å²) in [6.45, 7) is 4.51. The van der Waals surface area contributed by atoms with E-state index in [1.807, 2.05) is 26.0 Å². The Balaban J connectivity index is 1.62. The number of amides is 1. The number of hydrogen-bond acceptors (Lipinski definition) is 5. The average Bonchev–Trinajstić information content (AvgIpc) is 3.20. The summed E-state index contributed by atoms with van der Waals surface area (Å²) in [5, 5.41) is 2.94. The van der Waals surface area contributed by atoms with Crippen LogP contribution in [0, 0.1) is 5.92 Å². The highest BCUT2D eigenvalue weighted by atomic mass is 32.2. The maximum atomic E-state index is 12.8. The van der Waals surface area contributed by atoms with Crippen LogP contribution in [0.3, 0.4) is 0 Å². The number of piperidine rings is 1. The average molecular weight is 407 g/mol. The number of carbonyl (C=O) groups is 1. The summed E-state index contributed by atoms with van der Waals surface area (Å²) in [6, 6.07) is 7.35. The molecule has 28 heavy (non-hydrogen) atoms. The van der Waals surface area contributed by atoms with Crippen molar-refractivity contribution in [1.29, 1.82) is 0 Å². The number of imidazole rings is 1. The predicted octanol–water partition coefficient (Wildman–Crippen LogP) is 2.51. The first-order chi connectivity index (χ1) is 13.3. The molecule has 1 N–H and O–H groups in total. The first-order valence-electron chi connectivity index (χ1n) is 9.30. The number of carbonyl (C=O) groups excluding carboxylic acids is 1. The number of hydrogen-bond donors (Lipinski definition) is 1. The molecular formula is C19H26N4O4S. The third kappa shape index (κ3) is 4.20. The van der Waals surface area contributed by atoms with Crippen molar-refractivity contribution >= 4 is 21.6 Å². The maximum absolute atomic E-state index is 12.8. The van der Waals surface area contributed by atoms with Gasteiger partial charge in [-0.3, -0.25) is 4.79 Å². The number of benzene rings is 1. The second-order valence-electron chi connectivity index (χ2n) is 7.12. The topological polar surface area (TPSA) is 93.5 Å². The van der Waals surface area contributed by atoms with E-state index in [1.165, 1.54) is 10.6 Å². The molecule has 0 saturated carbocycles. The van der Waals surface area contributed by atoms with Gasteiger partial charge >= 0.3 is 0 Å². The highest BCUT2D eigenvalue weighted by Gasteiger charge is 2.33. The SMILES string of the molecule is COc1ccccc1NC(=O)C1CCN(S(=O)(=O)c2cn(C(C)C)cn2)CC1. The lowest BCUT2D eigenvalue weighted by molar-refractivity contribution is -0.120. The van der Waals surface area contributed by atoms with Crippen LogP contribution in [-0.2, 0) is 14.8 Å². The van der Waals surface area contributed by atoms with Crippen molar-refractivity contribution < 1.29 is 17.9 Å². The Labute approximate surface area is 165 Å². The Morgan fingerprint density at radius 2 is 1.93 bits per heavy atom. The van der Waals surface area contributed by atoms with Crippen LogP contribution < -0.4 is 10.1 Å². The molecule has 9 heteroatoms. The van der Waals surface area contributed by atoms with Crippen molar-refractivity contribution in [1.82, 2.24) is 13.9 Å². The van der Waals surface area contributed by atoms with Crippen molar-refractivity contribution in [2.75, 3.05) is 25.5 Å². The standard InChI is InChI=1S/C19H26N4O4S/c1-14(2)22-12-18(20-13-22)28(25,26)23-10-8-15(9-11-23)19(24)21-16-6-4-5-7-17(16)27-3/h4-7,12-15H,8-11H2,1-3H3,(H,21,24). The molecule has 0 unspecified atom stereocenters. The van der Waals surface area contributed by atoms with Gasteiger partial charge in [-0.05, 0) is 38.8 Å². The second-order valence-corrected chi connectivity index (χ2v) is 9.01. The lowest BCUT2D eigenvalue weighted by Crippen LogP contribution is -2.41. The first kappa shape index (κ1) is 20.3. The minimum atomic E-state index is -3.64. The van der Waals surface area contributed by atoms with E-state index in [4.69, 9.17) is 4.74 Å². The van der Waals surface area contributed by atoms with Crippen LogP contribution in [0.4, 0.5) is 5.69 Å². The third-order valence-electron chi connectivity index (χ3n) is 4.97. The van der Waals surface area contributed by atoms with E-state index in [-0.39, 0.29) is 22.9 Å². The summed E-state index contributed by atoms with van der Waals surface area (Å²) in [6.07, 6.45) is 4.02. The number of nitrogens with zero attached hydrogens (tertiary/aromatic N) is 3. The van der Waals surface area contributed by atoms with Gasteiger partial charge in [-0.1, -0.05) is 12.1 Å². The highest BCUT2D eigenvalue weighted by Crippen LogP contribution is 2.27. The number of para-hydroxylation sites is 2. The van der Waals surface area contributed by atoms with Crippen LogP contribution >= 0.6 is 0 Å². The van der Waals surface area contributed by atoms with Crippen molar-refractivity contribution in [3.05, 3.63) is 36.8 Å². The van der Waals surface area contributed by atoms with Crippen LogP contribution in [0.1, 0.15) is 32.7 Å². The van der Waals surface area contributed by atoms with Crippen molar-refractivity contribution in [2.45, 2.75) is 37.8 Å². The van der Waals surface area contributed by atoms with E-state index in [0.717, 1.165) is 0 Å². The van der Waals surface area contributed by atoms with Crippen LogP contribution in [0.15, 0.2) is 41.8 Å². The van der Waals surface area contributed by atoms with Gasteiger partial charge < -0.3 is 14.6 Å². The molecular weight excluding hydrogens is 380 g/mol. The number of rotatable bonds is 6. The van der Waals surface area contributed by atoms with E-state index in [2.05, 4.69) is 10.3 Å². The minimum absolute atomic E-state index is 0.0538. The van der Waals surface area contributed by atoms with Crippen LogP contribution in [0.25, 0.3) is 0 Å². The highest BCUT2D eigenvalue weighted by molar-refractivity contribution is 7.89. The Morgan fingerprint density at radius 1 is 1.25 bits per heavy atom. The molecule has 0 spiro atoms. The van der Waals surface area contributed by atoms with Gasteiger partial charge in [-0.15, -0.1) is 0 Å². The molecule has 1 aromatic heterocycles. The zero-order valence-electron chi connectivity index (χ0n) is 16.3. The Bertz CT molecular complexity index is 931. The molecule has 8 nitrogen and oxygen atoms in total. The van der Waals surface area contributed by atoms with Crippen molar-refractivity contribution in [3.63, 3.8) is 0 Å². The number of methoxy groups -OCH3 is 1. The molecule has 1 aliphatic heterocycles. The minimum Gasteiger partial charge on any atom is -0.495 e. The predicted molar refractivity (Wildman–Crippen MR) is 106 cm³/mol. The molecule has 0 aliphatic carbocycles. The van der Waals surface area contributed by atoms with Gasteiger partial charge in [-0.25, -0.2) is 13.4 Å². The van der Waals surface area contributed by atoms with E-state index < -0.39 is 10.0 Å². The van der Waals surface area contributed by atoms with Gasteiger partial charge in [0.15, 0.2) is 5.03 Å². The molecule has 152 valence electrons. The first-order valence-corrected chi connectivity index (χ1v) is 10.7. The Kier molecular flexibility index (Phi) is 6.04. The fourth-order valence-electron chi connectivity index (χ4n) is 3.21. The van der Waals surface area contributed by atoms with E-state index in [9.17, 15) is 13.2 Å². The Hall–Kier alpha value is -2.39. The fourth-order valence-corrected chi connectivity index (χ4v) is 4.60. The normalized spacial score (nSPS) is 16.3. The zero-order valence-corrected chi connectivity index (χ0v) is 17.1. The summed E-state index contributed by atoms with van der Waals surface area (Å²) in [5.74, 6) is 0.229. The molecule has 1 aliphatic rings. The van der Waals surface area contributed by atoms with Crippen molar-refractivity contribution in [3.8, 4) is 5.75 Å². The quantitative estimate of drug-likeness (QED) is 0.796. The van der Waals surface area contributed by atoms with Gasteiger partial charge in [0.05, 0.1) is 19.1 Å². The van der Waals surface area contributed by atoms with Gasteiger partial charge in [0, 0.05) is 31.2 Å². The summed E-state index contributed by atoms with van der Waals surface area (Å²) in [5.41, 5.74) is 0.615. The molecule has 1 aromatic carbocycles. The number of nitrogens with one attached hydrogen (secondary N) is 1. The van der Waals surface area contributed by atoms with Crippen LogP contribution in [0.5, 0.6) is 5.75 Å². The van der Waals surface area contributed by atoms with Gasteiger partial charge in [0.1, 0.15) is 5.75 Å². The monoisotopic (exact) mass is 406 g/mol. The molecule has 1 saturated heterocycles. The molecule has 0 bridgehead atoms. The molecule has 0 radical (unpaired) electrons. The van der Waals surface area contributed by atoms with Crippen molar-refractivity contribution in [2.24, 2.45) is 5.92 Å². The van der Waals surface area contributed by atoms with Gasteiger partial charge in [0.25, 0.3) is 10.0 Å². The van der Waals surface area contributed by atoms with E-state index >= 15 is 0 Å². The summed E-state index contributed by atoms with van der Waals surface area (Å²) in [7, 11) is -2.09. The molecule has 2 heterocycles. The molecule has 3 rings (SSSR count). The summed E-state index contributed by atoms with van der Waals surface area (Å²) >= 11 is 0. The van der Waals surface area contributed by atoms with Gasteiger partial charge in [-0.2, -0.15) is 4.31 Å². The molecule has 1 amide bonds. The maximum Gasteiger partial charge on any atom is 0.262 e. The second kappa shape index (κ2) is 8.32. The molecule has 2 aromatic rings. The largest absolute Gasteiger partial charge is 0.495 e. The lowest BCUT2D eigenvalue weighted by atomic mass is 9.97.